The summed E-state index contributed by atoms with van der Waals surface area (Å²) in [5.74, 6) is -0.678. The van der Waals surface area contributed by atoms with E-state index >= 15 is 0 Å². The summed E-state index contributed by atoms with van der Waals surface area (Å²) in [5, 5.41) is 2.40. The Bertz CT molecular complexity index is 1510. The van der Waals surface area contributed by atoms with Gasteiger partial charge in [0.25, 0.3) is 11.8 Å². The molecule has 2 aliphatic rings. The molecule has 2 aliphatic heterocycles. The van der Waals surface area contributed by atoms with Crippen molar-refractivity contribution < 1.29 is 40.7 Å². The predicted octanol–water partition coefficient (Wildman–Crippen LogP) is 6.94. The van der Waals surface area contributed by atoms with Crippen LogP contribution in [0, 0.1) is 0 Å². The van der Waals surface area contributed by atoms with Crippen molar-refractivity contribution in [2.24, 2.45) is 0 Å². The van der Waals surface area contributed by atoms with E-state index in [0.29, 0.717) is 62.7 Å². The lowest BCUT2D eigenvalue weighted by Crippen LogP contribution is -2.47. The monoisotopic (exact) mass is 634 g/mol. The summed E-state index contributed by atoms with van der Waals surface area (Å²) in [6.07, 6.45) is -7.52. The highest BCUT2D eigenvalue weighted by Crippen LogP contribution is 2.37. The van der Waals surface area contributed by atoms with Crippen LogP contribution < -0.4 is 19.9 Å². The zero-order chi connectivity index (χ0) is 32.4. The number of ether oxygens (including phenoxy) is 1. The van der Waals surface area contributed by atoms with Gasteiger partial charge < -0.3 is 24.8 Å². The van der Waals surface area contributed by atoms with Crippen LogP contribution >= 0.6 is 0 Å². The van der Waals surface area contributed by atoms with Crippen molar-refractivity contribution in [1.29, 1.82) is 0 Å². The molecule has 0 spiro atoms. The van der Waals surface area contributed by atoms with E-state index in [1.807, 2.05) is 24.3 Å². The van der Waals surface area contributed by atoms with Gasteiger partial charge in [0.05, 0.1) is 29.5 Å². The van der Waals surface area contributed by atoms with Crippen molar-refractivity contribution in [3.63, 3.8) is 0 Å². The topological polar surface area (TPSA) is 65.1 Å². The standard InChI is InChI=1S/C32H32F6N4O3/c1-45-28-8-4-3-7-27(28)41-15-13-40(14-16-41)26-10-9-24(20-25(26)30(44)42-11-5-2-6-12-42)39-29(43)21-17-22(31(33,34)35)19-23(18-21)32(36,37)38/h3-4,7-10,17-20H,2,5-6,11-16H2,1H3,(H,39,43). The molecule has 0 saturated carbocycles. The number of rotatable bonds is 6. The number of piperidine rings is 1. The summed E-state index contributed by atoms with van der Waals surface area (Å²) < 4.78 is 85.7. The minimum Gasteiger partial charge on any atom is -0.495 e. The number of anilines is 3. The second-order valence-corrected chi connectivity index (χ2v) is 11.0. The van der Waals surface area contributed by atoms with Gasteiger partial charge in [0, 0.05) is 56.2 Å². The molecule has 0 bridgehead atoms. The minimum atomic E-state index is -5.10. The normalized spacial score (nSPS) is 16.0. The quantitative estimate of drug-likeness (QED) is 0.298. The average Bonchev–Trinajstić information content (AvgIpc) is 3.04. The van der Waals surface area contributed by atoms with Gasteiger partial charge in [0.1, 0.15) is 5.75 Å². The number of para-hydroxylation sites is 2. The van der Waals surface area contributed by atoms with Crippen LogP contribution in [-0.4, -0.2) is 63.1 Å². The number of hydrogen-bond donors (Lipinski definition) is 1. The van der Waals surface area contributed by atoms with Crippen LogP contribution in [0.15, 0.2) is 60.7 Å². The van der Waals surface area contributed by atoms with Gasteiger partial charge >= 0.3 is 12.4 Å². The number of piperazine rings is 1. The molecule has 240 valence electrons. The molecule has 0 aromatic heterocycles. The van der Waals surface area contributed by atoms with Gasteiger partial charge in [-0.15, -0.1) is 0 Å². The first-order valence-electron chi connectivity index (χ1n) is 14.5. The fourth-order valence-corrected chi connectivity index (χ4v) is 5.70. The van der Waals surface area contributed by atoms with Crippen molar-refractivity contribution in [1.82, 2.24) is 4.90 Å². The molecule has 2 heterocycles. The van der Waals surface area contributed by atoms with E-state index in [0.717, 1.165) is 30.7 Å². The van der Waals surface area contributed by atoms with Gasteiger partial charge in [-0.1, -0.05) is 12.1 Å². The number of carbonyl (C=O) groups excluding carboxylic acids is 2. The molecule has 13 heteroatoms. The molecular formula is C32H32F6N4O3. The summed E-state index contributed by atoms with van der Waals surface area (Å²) in [4.78, 5) is 32.7. The molecule has 3 aromatic rings. The third kappa shape index (κ3) is 7.29. The summed E-state index contributed by atoms with van der Waals surface area (Å²) in [5.41, 5.74) is -2.05. The Labute approximate surface area is 256 Å². The Morgan fingerprint density at radius 1 is 0.711 bits per heavy atom. The van der Waals surface area contributed by atoms with Crippen molar-refractivity contribution in [3.8, 4) is 5.75 Å². The predicted molar refractivity (Wildman–Crippen MR) is 158 cm³/mol. The number of halogens is 6. The minimum absolute atomic E-state index is 0.0331. The molecule has 5 rings (SSSR count). The molecule has 2 saturated heterocycles. The summed E-state index contributed by atoms with van der Waals surface area (Å²) >= 11 is 0. The van der Waals surface area contributed by atoms with Crippen LogP contribution in [0.5, 0.6) is 5.75 Å². The van der Waals surface area contributed by atoms with Gasteiger partial charge in [0.15, 0.2) is 0 Å². The number of nitrogens with zero attached hydrogens (tertiary/aromatic N) is 3. The zero-order valence-corrected chi connectivity index (χ0v) is 24.5. The van der Waals surface area contributed by atoms with Gasteiger partial charge in [0.2, 0.25) is 0 Å². The van der Waals surface area contributed by atoms with E-state index < -0.39 is 35.0 Å². The lowest BCUT2D eigenvalue weighted by atomic mass is 10.0. The Balaban J connectivity index is 1.42. The first-order valence-corrected chi connectivity index (χ1v) is 14.5. The Morgan fingerprint density at radius 3 is 1.87 bits per heavy atom. The molecule has 1 N–H and O–H groups in total. The SMILES string of the molecule is COc1ccccc1N1CCN(c2ccc(NC(=O)c3cc(C(F)(F)F)cc(C(F)(F)F)c3)cc2C(=O)N2CCCCC2)CC1. The lowest BCUT2D eigenvalue weighted by molar-refractivity contribution is -0.143. The molecule has 0 aliphatic carbocycles. The molecule has 0 atom stereocenters. The van der Waals surface area contributed by atoms with Gasteiger partial charge in [-0.25, -0.2) is 0 Å². The van der Waals surface area contributed by atoms with Crippen LogP contribution in [0.4, 0.5) is 43.4 Å². The number of hydrogen-bond acceptors (Lipinski definition) is 5. The van der Waals surface area contributed by atoms with E-state index in [-0.39, 0.29) is 17.7 Å². The molecule has 45 heavy (non-hydrogen) atoms. The number of alkyl halides is 6. The second-order valence-electron chi connectivity index (χ2n) is 11.0. The van der Waals surface area contributed by atoms with Crippen LogP contribution in [0.25, 0.3) is 0 Å². The number of amides is 2. The third-order valence-corrected chi connectivity index (χ3v) is 8.02. The largest absolute Gasteiger partial charge is 0.495 e. The van der Waals surface area contributed by atoms with Gasteiger partial charge in [-0.2, -0.15) is 26.3 Å². The molecule has 0 radical (unpaired) electrons. The van der Waals surface area contributed by atoms with Crippen LogP contribution in [-0.2, 0) is 12.4 Å². The highest BCUT2D eigenvalue weighted by Gasteiger charge is 2.37. The fourth-order valence-electron chi connectivity index (χ4n) is 5.70. The number of carbonyl (C=O) groups is 2. The van der Waals surface area contributed by atoms with Crippen molar-refractivity contribution in [2.45, 2.75) is 31.6 Å². The molecule has 3 aromatic carbocycles. The van der Waals surface area contributed by atoms with Crippen LogP contribution in [0.2, 0.25) is 0 Å². The third-order valence-electron chi connectivity index (χ3n) is 8.02. The Kier molecular flexibility index (Phi) is 9.17. The smallest absolute Gasteiger partial charge is 0.416 e. The maximum atomic E-state index is 13.8. The second kappa shape index (κ2) is 12.9. The first kappa shape index (κ1) is 32.0. The molecule has 2 amide bonds. The van der Waals surface area contributed by atoms with E-state index in [4.69, 9.17) is 4.74 Å². The maximum absolute atomic E-state index is 13.8. The Hall–Kier alpha value is -4.42. The van der Waals surface area contributed by atoms with Crippen LogP contribution in [0.1, 0.15) is 51.1 Å². The molecule has 7 nitrogen and oxygen atoms in total. The Morgan fingerprint density at radius 2 is 1.29 bits per heavy atom. The molecule has 2 fully saturated rings. The lowest BCUT2D eigenvalue weighted by Gasteiger charge is -2.39. The van der Waals surface area contributed by atoms with E-state index in [2.05, 4.69) is 15.1 Å². The number of methoxy groups -OCH3 is 1. The van der Waals surface area contributed by atoms with E-state index in [1.165, 1.54) is 12.1 Å². The fraction of sp³-hybridized carbons (Fsp3) is 0.375. The summed E-state index contributed by atoms with van der Waals surface area (Å²) in [6.45, 7) is 3.51. The van der Waals surface area contributed by atoms with Crippen LogP contribution in [0.3, 0.4) is 0 Å². The highest BCUT2D eigenvalue weighted by atomic mass is 19.4. The number of nitrogens with one attached hydrogen (secondary N) is 1. The van der Waals surface area contributed by atoms with Crippen molar-refractivity contribution in [2.75, 3.05) is 61.5 Å². The van der Waals surface area contributed by atoms with Crippen molar-refractivity contribution >= 4 is 28.9 Å². The highest BCUT2D eigenvalue weighted by molar-refractivity contribution is 6.06. The van der Waals surface area contributed by atoms with Crippen molar-refractivity contribution in [3.05, 3.63) is 82.9 Å². The summed E-state index contributed by atoms with van der Waals surface area (Å²) in [6, 6.07) is 13.0. The molecule has 0 unspecified atom stereocenters. The van der Waals surface area contributed by atoms with Gasteiger partial charge in [-0.3, -0.25) is 9.59 Å². The van der Waals surface area contributed by atoms with Gasteiger partial charge in [-0.05, 0) is 67.8 Å². The summed E-state index contributed by atoms with van der Waals surface area (Å²) in [7, 11) is 1.61. The average molecular weight is 635 g/mol. The number of likely N-dealkylation sites (tertiary alicyclic amines) is 1. The van der Waals surface area contributed by atoms with E-state index in [9.17, 15) is 35.9 Å². The maximum Gasteiger partial charge on any atom is 0.416 e. The first-order chi connectivity index (χ1) is 21.3. The zero-order valence-electron chi connectivity index (χ0n) is 24.5. The number of benzene rings is 3. The van der Waals surface area contributed by atoms with E-state index in [1.54, 1.807) is 18.1 Å². The molecular weight excluding hydrogens is 602 g/mol.